The Morgan fingerprint density at radius 1 is 0.800 bits per heavy atom. The Kier molecular flexibility index (Phi) is 7.11. The molecule has 3 aromatic carbocycles. The van der Waals surface area contributed by atoms with Crippen LogP contribution in [0.2, 0.25) is 15.1 Å². The van der Waals surface area contributed by atoms with Gasteiger partial charge in [-0.05, 0) is 61.0 Å². The summed E-state index contributed by atoms with van der Waals surface area (Å²) in [6.07, 6.45) is 0. The number of hydrogen-bond acceptors (Lipinski definition) is 3. The molecule has 2 N–H and O–H groups in total. The SMILES string of the molecule is C/C(=N/NC(=O)c1cccc(Cl)c1)c1cccc(NC(=O)c2ccc(Cl)cc2Cl)c1. The normalized spacial score (nSPS) is 11.1. The van der Waals surface area contributed by atoms with Gasteiger partial charge in [0.2, 0.25) is 0 Å². The van der Waals surface area contributed by atoms with Gasteiger partial charge in [-0.15, -0.1) is 0 Å². The predicted molar refractivity (Wildman–Crippen MR) is 122 cm³/mol. The second-order valence-corrected chi connectivity index (χ2v) is 7.59. The molecule has 5 nitrogen and oxygen atoms in total. The molecule has 3 aromatic rings. The lowest BCUT2D eigenvalue weighted by Gasteiger charge is -2.09. The first-order valence-electron chi connectivity index (χ1n) is 8.80. The minimum atomic E-state index is -0.376. The van der Waals surface area contributed by atoms with Gasteiger partial charge in [-0.2, -0.15) is 5.10 Å². The number of nitrogens with one attached hydrogen (secondary N) is 2. The summed E-state index contributed by atoms with van der Waals surface area (Å²) in [6.45, 7) is 1.75. The fourth-order valence-corrected chi connectivity index (χ4v) is 3.27. The number of nitrogens with zero attached hydrogens (tertiary/aromatic N) is 1. The van der Waals surface area contributed by atoms with E-state index in [1.807, 2.05) is 6.07 Å². The number of amides is 2. The van der Waals surface area contributed by atoms with Crippen LogP contribution in [0.5, 0.6) is 0 Å². The minimum Gasteiger partial charge on any atom is -0.322 e. The van der Waals surface area contributed by atoms with Crippen molar-refractivity contribution in [3.05, 3.63) is 98.5 Å². The van der Waals surface area contributed by atoms with Crippen molar-refractivity contribution in [3.8, 4) is 0 Å². The third-order valence-electron chi connectivity index (χ3n) is 4.13. The van der Waals surface area contributed by atoms with Gasteiger partial charge in [0.15, 0.2) is 0 Å². The molecule has 0 aliphatic rings. The Labute approximate surface area is 188 Å². The molecule has 0 heterocycles. The van der Waals surface area contributed by atoms with Crippen molar-refractivity contribution in [1.82, 2.24) is 5.43 Å². The molecule has 2 amide bonds. The largest absolute Gasteiger partial charge is 0.322 e. The van der Waals surface area contributed by atoms with E-state index in [1.165, 1.54) is 6.07 Å². The van der Waals surface area contributed by atoms with Crippen molar-refractivity contribution in [2.24, 2.45) is 5.10 Å². The quantitative estimate of drug-likeness (QED) is 0.359. The van der Waals surface area contributed by atoms with Crippen LogP contribution in [0.4, 0.5) is 5.69 Å². The van der Waals surface area contributed by atoms with E-state index in [9.17, 15) is 9.59 Å². The number of hydrazone groups is 1. The van der Waals surface area contributed by atoms with Crippen molar-refractivity contribution in [2.45, 2.75) is 6.92 Å². The lowest BCUT2D eigenvalue weighted by atomic mass is 10.1. The highest BCUT2D eigenvalue weighted by Gasteiger charge is 2.12. The second-order valence-electron chi connectivity index (χ2n) is 6.31. The molecule has 0 bridgehead atoms. The molecule has 0 aromatic heterocycles. The molecule has 0 atom stereocenters. The van der Waals surface area contributed by atoms with Crippen molar-refractivity contribution < 1.29 is 9.59 Å². The first-order valence-corrected chi connectivity index (χ1v) is 9.94. The molecule has 0 aliphatic heterocycles. The van der Waals surface area contributed by atoms with E-state index in [1.54, 1.807) is 61.5 Å². The van der Waals surface area contributed by atoms with Crippen LogP contribution >= 0.6 is 34.8 Å². The lowest BCUT2D eigenvalue weighted by molar-refractivity contribution is 0.0954. The molecule has 152 valence electrons. The van der Waals surface area contributed by atoms with Gasteiger partial charge in [0.05, 0.1) is 16.3 Å². The smallest absolute Gasteiger partial charge is 0.271 e. The first-order chi connectivity index (χ1) is 14.3. The standard InChI is InChI=1S/C22H16Cl3N3O2/c1-13(27-28-21(29)15-5-2-6-16(23)10-15)14-4-3-7-18(11-14)26-22(30)19-9-8-17(24)12-20(19)25/h2-12H,1H3,(H,26,30)(H,28,29)/b27-13-. The molecular formula is C22H16Cl3N3O2. The summed E-state index contributed by atoms with van der Waals surface area (Å²) >= 11 is 17.9. The van der Waals surface area contributed by atoms with Gasteiger partial charge >= 0.3 is 0 Å². The molecule has 0 saturated heterocycles. The van der Waals surface area contributed by atoms with E-state index < -0.39 is 0 Å². The lowest BCUT2D eigenvalue weighted by Crippen LogP contribution is -2.19. The van der Waals surface area contributed by atoms with Crippen LogP contribution in [0.3, 0.4) is 0 Å². The summed E-state index contributed by atoms with van der Waals surface area (Å²) in [4.78, 5) is 24.7. The van der Waals surface area contributed by atoms with Gasteiger partial charge in [-0.1, -0.05) is 53.0 Å². The number of rotatable bonds is 5. The third-order valence-corrected chi connectivity index (χ3v) is 4.91. The van der Waals surface area contributed by atoms with E-state index in [4.69, 9.17) is 34.8 Å². The summed E-state index contributed by atoms with van der Waals surface area (Å²) in [5.41, 5.74) is 5.05. The average molecular weight is 461 g/mol. The maximum Gasteiger partial charge on any atom is 0.271 e. The van der Waals surface area contributed by atoms with E-state index in [-0.39, 0.29) is 16.8 Å². The highest BCUT2D eigenvalue weighted by molar-refractivity contribution is 6.37. The fraction of sp³-hybridized carbons (Fsp3) is 0.0455. The minimum absolute atomic E-state index is 0.262. The molecule has 0 unspecified atom stereocenters. The van der Waals surface area contributed by atoms with Gasteiger partial charge in [0.25, 0.3) is 11.8 Å². The zero-order chi connectivity index (χ0) is 21.7. The van der Waals surface area contributed by atoms with Crippen LogP contribution in [0.25, 0.3) is 0 Å². The molecule has 8 heteroatoms. The molecule has 3 rings (SSSR count). The number of benzene rings is 3. The van der Waals surface area contributed by atoms with E-state index in [2.05, 4.69) is 15.8 Å². The highest BCUT2D eigenvalue weighted by atomic mass is 35.5. The Morgan fingerprint density at radius 3 is 2.23 bits per heavy atom. The molecule has 0 aliphatic carbocycles. The Balaban J connectivity index is 1.71. The summed E-state index contributed by atoms with van der Waals surface area (Å²) in [5.74, 6) is -0.739. The maximum absolute atomic E-state index is 12.5. The van der Waals surface area contributed by atoms with Gasteiger partial charge < -0.3 is 5.32 Å². The number of carbonyl (C=O) groups is 2. The van der Waals surface area contributed by atoms with E-state index >= 15 is 0 Å². The molecule has 30 heavy (non-hydrogen) atoms. The van der Waals surface area contributed by atoms with Crippen molar-refractivity contribution in [3.63, 3.8) is 0 Å². The second kappa shape index (κ2) is 9.76. The van der Waals surface area contributed by atoms with Gasteiger partial charge in [0.1, 0.15) is 0 Å². The van der Waals surface area contributed by atoms with Crippen LogP contribution in [-0.2, 0) is 0 Å². The third kappa shape index (κ3) is 5.60. The number of halogens is 3. The fourth-order valence-electron chi connectivity index (χ4n) is 2.59. The van der Waals surface area contributed by atoms with E-state index in [0.717, 1.165) is 5.56 Å². The number of anilines is 1. The molecule has 0 saturated carbocycles. The van der Waals surface area contributed by atoms with Gasteiger partial charge in [0, 0.05) is 21.3 Å². The monoisotopic (exact) mass is 459 g/mol. The van der Waals surface area contributed by atoms with Crippen LogP contribution in [0.15, 0.2) is 71.8 Å². The van der Waals surface area contributed by atoms with Crippen LogP contribution in [-0.4, -0.2) is 17.5 Å². The maximum atomic E-state index is 12.5. The molecule has 0 radical (unpaired) electrons. The van der Waals surface area contributed by atoms with Crippen LogP contribution < -0.4 is 10.7 Å². The van der Waals surface area contributed by atoms with Crippen LogP contribution in [0, 0.1) is 0 Å². The van der Waals surface area contributed by atoms with Crippen molar-refractivity contribution in [2.75, 3.05) is 5.32 Å². The first kappa shape index (κ1) is 21.8. The van der Waals surface area contributed by atoms with E-state index in [0.29, 0.717) is 32.6 Å². The summed E-state index contributed by atoms with van der Waals surface area (Å²) in [6, 6.07) is 18.3. The Hall–Kier alpha value is -2.86. The average Bonchev–Trinajstić information content (AvgIpc) is 2.71. The highest BCUT2D eigenvalue weighted by Crippen LogP contribution is 2.22. The predicted octanol–water partition coefficient (Wildman–Crippen LogP) is 6.05. The number of hydrogen-bond donors (Lipinski definition) is 2. The van der Waals surface area contributed by atoms with Gasteiger partial charge in [-0.3, -0.25) is 9.59 Å². The summed E-state index contributed by atoms with van der Waals surface area (Å²) in [7, 11) is 0. The topological polar surface area (TPSA) is 70.6 Å². The summed E-state index contributed by atoms with van der Waals surface area (Å²) < 4.78 is 0. The number of carbonyl (C=O) groups excluding carboxylic acids is 2. The van der Waals surface area contributed by atoms with Crippen molar-refractivity contribution in [1.29, 1.82) is 0 Å². The van der Waals surface area contributed by atoms with Crippen molar-refractivity contribution >= 4 is 58.0 Å². The zero-order valence-corrected chi connectivity index (χ0v) is 18.0. The Morgan fingerprint density at radius 2 is 1.50 bits per heavy atom. The molecule has 0 fully saturated rings. The van der Waals surface area contributed by atoms with Crippen LogP contribution in [0.1, 0.15) is 33.2 Å². The van der Waals surface area contributed by atoms with Gasteiger partial charge in [-0.25, -0.2) is 5.43 Å². The summed E-state index contributed by atoms with van der Waals surface area (Å²) in [5, 5.41) is 8.09. The molecular weight excluding hydrogens is 445 g/mol. The Bertz CT molecular complexity index is 1150. The molecule has 0 spiro atoms. The zero-order valence-electron chi connectivity index (χ0n) is 15.7.